The standard InChI is InChI=1S/C23H22N2O3/c1-3-28-21-14-12-20(13-15-21)25-23(27)18-8-6-17(7-9-18)22(26)24-19-10-4-16(2)5-11-19/h4-15H,3H2,1-2H3,(H,24,26)(H,25,27). The maximum atomic E-state index is 12.4. The molecule has 0 saturated heterocycles. The minimum atomic E-state index is -0.241. The lowest BCUT2D eigenvalue weighted by atomic mass is 10.1. The van der Waals surface area contributed by atoms with Crippen molar-refractivity contribution < 1.29 is 14.3 Å². The first kappa shape index (κ1) is 19.2. The van der Waals surface area contributed by atoms with Gasteiger partial charge in [-0.15, -0.1) is 0 Å². The minimum Gasteiger partial charge on any atom is -0.494 e. The lowest BCUT2D eigenvalue weighted by Crippen LogP contribution is -2.14. The van der Waals surface area contributed by atoms with Crippen LogP contribution in [-0.2, 0) is 0 Å². The maximum Gasteiger partial charge on any atom is 0.255 e. The summed E-state index contributed by atoms with van der Waals surface area (Å²) in [4.78, 5) is 24.7. The van der Waals surface area contributed by atoms with Crippen LogP contribution in [0.25, 0.3) is 0 Å². The first-order valence-electron chi connectivity index (χ1n) is 9.07. The van der Waals surface area contributed by atoms with Crippen molar-refractivity contribution in [2.24, 2.45) is 0 Å². The molecule has 0 aliphatic rings. The number of hydrogen-bond donors (Lipinski definition) is 2. The number of nitrogens with one attached hydrogen (secondary N) is 2. The Kier molecular flexibility index (Phi) is 6.07. The Bertz CT molecular complexity index is 947. The molecule has 0 heterocycles. The van der Waals surface area contributed by atoms with Crippen molar-refractivity contribution in [2.75, 3.05) is 17.2 Å². The van der Waals surface area contributed by atoms with Crippen molar-refractivity contribution in [1.82, 2.24) is 0 Å². The fraction of sp³-hybridized carbons (Fsp3) is 0.130. The van der Waals surface area contributed by atoms with Crippen LogP contribution >= 0.6 is 0 Å². The average Bonchev–Trinajstić information content (AvgIpc) is 2.71. The van der Waals surface area contributed by atoms with Gasteiger partial charge in [0.05, 0.1) is 6.61 Å². The second-order valence-electron chi connectivity index (χ2n) is 6.31. The summed E-state index contributed by atoms with van der Waals surface area (Å²) in [6, 6.07) is 21.3. The van der Waals surface area contributed by atoms with Crippen LogP contribution in [0.2, 0.25) is 0 Å². The average molecular weight is 374 g/mol. The molecule has 5 nitrogen and oxygen atoms in total. The predicted octanol–water partition coefficient (Wildman–Crippen LogP) is 4.90. The summed E-state index contributed by atoms with van der Waals surface area (Å²) >= 11 is 0. The van der Waals surface area contributed by atoms with Crippen LogP contribution in [-0.4, -0.2) is 18.4 Å². The molecule has 0 atom stereocenters. The van der Waals surface area contributed by atoms with Crippen LogP contribution < -0.4 is 15.4 Å². The van der Waals surface area contributed by atoms with Gasteiger partial charge in [0.25, 0.3) is 11.8 Å². The summed E-state index contributed by atoms with van der Waals surface area (Å²) in [5.74, 6) is 0.293. The normalized spacial score (nSPS) is 10.2. The highest BCUT2D eigenvalue weighted by atomic mass is 16.5. The van der Waals surface area contributed by atoms with Gasteiger partial charge in [0.2, 0.25) is 0 Å². The molecule has 2 amide bonds. The number of ether oxygens (including phenoxy) is 1. The largest absolute Gasteiger partial charge is 0.494 e. The number of rotatable bonds is 6. The van der Waals surface area contributed by atoms with Gasteiger partial charge < -0.3 is 15.4 Å². The molecule has 0 saturated carbocycles. The van der Waals surface area contributed by atoms with Gasteiger partial charge in [-0.05, 0) is 74.5 Å². The molecule has 3 rings (SSSR count). The predicted molar refractivity (Wildman–Crippen MR) is 111 cm³/mol. The van der Waals surface area contributed by atoms with Gasteiger partial charge in [0, 0.05) is 22.5 Å². The molecule has 28 heavy (non-hydrogen) atoms. The monoisotopic (exact) mass is 374 g/mol. The molecule has 0 aromatic heterocycles. The number of carbonyl (C=O) groups is 2. The molecule has 0 unspecified atom stereocenters. The zero-order valence-electron chi connectivity index (χ0n) is 15.9. The molecular formula is C23H22N2O3. The van der Waals surface area contributed by atoms with Gasteiger partial charge in [-0.2, -0.15) is 0 Å². The Hall–Kier alpha value is -3.60. The molecule has 0 aliphatic heterocycles. The molecule has 142 valence electrons. The van der Waals surface area contributed by atoms with Crippen molar-refractivity contribution in [2.45, 2.75) is 13.8 Å². The summed E-state index contributed by atoms with van der Waals surface area (Å²) < 4.78 is 5.38. The first-order valence-corrected chi connectivity index (χ1v) is 9.07. The van der Waals surface area contributed by atoms with Crippen molar-refractivity contribution >= 4 is 23.2 Å². The first-order chi connectivity index (χ1) is 13.5. The third kappa shape index (κ3) is 4.98. The molecule has 3 aromatic carbocycles. The molecule has 0 fully saturated rings. The van der Waals surface area contributed by atoms with Crippen molar-refractivity contribution in [3.63, 3.8) is 0 Å². The second-order valence-corrected chi connectivity index (χ2v) is 6.31. The van der Waals surface area contributed by atoms with Crippen molar-refractivity contribution in [3.8, 4) is 5.75 Å². The second kappa shape index (κ2) is 8.86. The molecule has 3 aromatic rings. The summed E-state index contributed by atoms with van der Waals surface area (Å²) in [6.45, 7) is 4.50. The third-order valence-corrected chi connectivity index (χ3v) is 4.14. The maximum absolute atomic E-state index is 12.4. The van der Waals surface area contributed by atoms with Crippen molar-refractivity contribution in [1.29, 1.82) is 0 Å². The van der Waals surface area contributed by atoms with Gasteiger partial charge in [0.15, 0.2) is 0 Å². The Morgan fingerprint density at radius 2 is 1.14 bits per heavy atom. The number of amides is 2. The van der Waals surface area contributed by atoms with Crippen LogP contribution in [0, 0.1) is 6.92 Å². The third-order valence-electron chi connectivity index (χ3n) is 4.14. The van der Waals surface area contributed by atoms with E-state index >= 15 is 0 Å². The lowest BCUT2D eigenvalue weighted by molar-refractivity contribution is 0.101. The van der Waals surface area contributed by atoms with Gasteiger partial charge in [-0.25, -0.2) is 0 Å². The highest BCUT2D eigenvalue weighted by Gasteiger charge is 2.10. The fourth-order valence-corrected chi connectivity index (χ4v) is 2.62. The van der Waals surface area contributed by atoms with E-state index in [-0.39, 0.29) is 11.8 Å². The molecule has 0 spiro atoms. The number of hydrogen-bond acceptors (Lipinski definition) is 3. The van der Waals surface area contributed by atoms with Crippen molar-refractivity contribution in [3.05, 3.63) is 89.5 Å². The molecule has 0 aliphatic carbocycles. The Morgan fingerprint density at radius 3 is 1.57 bits per heavy atom. The Balaban J connectivity index is 1.61. The number of benzene rings is 3. The van der Waals surface area contributed by atoms with Gasteiger partial charge in [-0.3, -0.25) is 9.59 Å². The van der Waals surface area contributed by atoms with Crippen LogP contribution in [0.4, 0.5) is 11.4 Å². The van der Waals surface area contributed by atoms with E-state index in [4.69, 9.17) is 4.74 Å². The van der Waals surface area contributed by atoms with E-state index in [0.717, 1.165) is 17.0 Å². The smallest absolute Gasteiger partial charge is 0.255 e. The van der Waals surface area contributed by atoms with E-state index in [1.165, 1.54) is 0 Å². The van der Waals surface area contributed by atoms with Gasteiger partial charge in [-0.1, -0.05) is 17.7 Å². The summed E-state index contributed by atoms with van der Waals surface area (Å²) in [7, 11) is 0. The van der Waals surface area contributed by atoms with E-state index in [1.54, 1.807) is 48.5 Å². The zero-order chi connectivity index (χ0) is 19.9. The highest BCUT2D eigenvalue weighted by molar-refractivity contribution is 6.07. The minimum absolute atomic E-state index is 0.220. The fourth-order valence-electron chi connectivity index (χ4n) is 2.62. The van der Waals surface area contributed by atoms with Crippen LogP contribution in [0.15, 0.2) is 72.8 Å². The molecular weight excluding hydrogens is 352 g/mol. The summed E-state index contributed by atoms with van der Waals surface area (Å²) in [5, 5.41) is 5.66. The van der Waals surface area contributed by atoms with E-state index in [0.29, 0.717) is 23.4 Å². The lowest BCUT2D eigenvalue weighted by Gasteiger charge is -2.08. The molecule has 2 N–H and O–H groups in total. The molecule has 0 bridgehead atoms. The summed E-state index contributed by atoms with van der Waals surface area (Å²) in [6.07, 6.45) is 0. The van der Waals surface area contributed by atoms with E-state index in [9.17, 15) is 9.59 Å². The topological polar surface area (TPSA) is 67.4 Å². The van der Waals surface area contributed by atoms with E-state index < -0.39 is 0 Å². The van der Waals surface area contributed by atoms with Gasteiger partial charge >= 0.3 is 0 Å². The van der Waals surface area contributed by atoms with E-state index in [2.05, 4.69) is 10.6 Å². The highest BCUT2D eigenvalue weighted by Crippen LogP contribution is 2.17. The SMILES string of the molecule is CCOc1ccc(NC(=O)c2ccc(C(=O)Nc3ccc(C)cc3)cc2)cc1. The van der Waals surface area contributed by atoms with E-state index in [1.807, 2.05) is 38.1 Å². The Labute approximate surface area is 164 Å². The van der Waals surface area contributed by atoms with Gasteiger partial charge in [0.1, 0.15) is 5.75 Å². The van der Waals surface area contributed by atoms with Crippen LogP contribution in [0.1, 0.15) is 33.2 Å². The Morgan fingerprint density at radius 1 is 0.714 bits per heavy atom. The summed E-state index contributed by atoms with van der Waals surface area (Å²) in [5.41, 5.74) is 3.49. The molecule has 5 heteroatoms. The molecule has 0 radical (unpaired) electrons. The number of carbonyl (C=O) groups excluding carboxylic acids is 2. The quantitative estimate of drug-likeness (QED) is 0.645. The number of anilines is 2. The number of aryl methyl sites for hydroxylation is 1. The van der Waals surface area contributed by atoms with Crippen LogP contribution in [0.3, 0.4) is 0 Å². The van der Waals surface area contributed by atoms with Crippen LogP contribution in [0.5, 0.6) is 5.75 Å². The zero-order valence-corrected chi connectivity index (χ0v) is 15.9.